The van der Waals surface area contributed by atoms with Crippen molar-refractivity contribution in [2.24, 2.45) is 0 Å². The first-order valence-electron chi connectivity index (χ1n) is 10.8. The molecule has 0 bridgehead atoms. The van der Waals surface area contributed by atoms with Gasteiger partial charge in [0.25, 0.3) is 0 Å². The number of para-hydroxylation sites is 1. The lowest BCUT2D eigenvalue weighted by molar-refractivity contribution is -0.120. The van der Waals surface area contributed by atoms with Crippen LogP contribution in [0.4, 0.5) is 10.1 Å². The number of amides is 1. The number of carbonyl (C=O) groups excluding carboxylic acids is 1. The van der Waals surface area contributed by atoms with Gasteiger partial charge in [-0.15, -0.1) is 0 Å². The van der Waals surface area contributed by atoms with Crippen LogP contribution in [0.1, 0.15) is 44.4 Å². The topological polar surface area (TPSA) is 61.0 Å². The minimum atomic E-state index is -0.256. The number of hydrogen-bond acceptors (Lipinski definition) is 3. The number of halogens is 1. The van der Waals surface area contributed by atoms with Gasteiger partial charge in [0.2, 0.25) is 5.91 Å². The van der Waals surface area contributed by atoms with Crippen molar-refractivity contribution < 1.29 is 9.18 Å². The molecule has 1 atom stereocenters. The summed E-state index contributed by atoms with van der Waals surface area (Å²) in [7, 11) is 1.97. The van der Waals surface area contributed by atoms with Crippen LogP contribution in [-0.4, -0.2) is 40.6 Å². The maximum absolute atomic E-state index is 13.1. The lowest BCUT2D eigenvalue weighted by atomic mass is 10.0. The molecule has 2 N–H and O–H groups in total. The van der Waals surface area contributed by atoms with Crippen LogP contribution in [0.2, 0.25) is 0 Å². The van der Waals surface area contributed by atoms with E-state index >= 15 is 0 Å². The van der Waals surface area contributed by atoms with Gasteiger partial charge in [0.1, 0.15) is 5.82 Å². The molecule has 3 rings (SSSR count). The molecule has 0 saturated carbocycles. The lowest BCUT2D eigenvalue weighted by Crippen LogP contribution is -2.40. The van der Waals surface area contributed by atoms with E-state index in [1.165, 1.54) is 12.1 Å². The van der Waals surface area contributed by atoms with E-state index in [1.807, 2.05) is 38.2 Å². The van der Waals surface area contributed by atoms with Crippen LogP contribution >= 0.6 is 0 Å². The Kier molecular flexibility index (Phi) is 7.58. The fraction of sp³-hybridized carbons (Fsp3) is 0.360. The van der Waals surface area contributed by atoms with Crippen molar-refractivity contribution >= 4 is 11.6 Å². The number of aromatic nitrogens is 2. The second kappa shape index (κ2) is 10.4. The predicted molar refractivity (Wildman–Crippen MR) is 124 cm³/mol. The van der Waals surface area contributed by atoms with Crippen LogP contribution in [0.3, 0.4) is 0 Å². The molecule has 6 heteroatoms. The highest BCUT2D eigenvalue weighted by atomic mass is 19.1. The quantitative estimate of drug-likeness (QED) is 0.496. The molecule has 31 heavy (non-hydrogen) atoms. The molecule has 0 aliphatic heterocycles. The summed E-state index contributed by atoms with van der Waals surface area (Å²) in [6.07, 6.45) is 1.71. The van der Waals surface area contributed by atoms with Crippen LogP contribution in [0.5, 0.6) is 0 Å². The first kappa shape index (κ1) is 22.7. The van der Waals surface area contributed by atoms with E-state index in [-0.39, 0.29) is 17.8 Å². The summed E-state index contributed by atoms with van der Waals surface area (Å²) in [5.41, 5.74) is 4.74. The lowest BCUT2D eigenvalue weighted by Gasteiger charge is -2.24. The highest BCUT2D eigenvalue weighted by molar-refractivity contribution is 5.95. The number of anilines is 1. The molecular weight excluding hydrogens is 391 g/mol. The van der Waals surface area contributed by atoms with Crippen LogP contribution in [0.25, 0.3) is 11.3 Å². The van der Waals surface area contributed by atoms with Crippen LogP contribution < -0.4 is 5.32 Å². The SMILES string of the molecule is CC(C)c1ccccc1NC(=O)C(C)N(C)CCCc1cc(-c2ccc(F)cc2)n[nH]1. The molecule has 1 heterocycles. The number of rotatable bonds is 9. The highest BCUT2D eigenvalue weighted by Gasteiger charge is 2.19. The summed E-state index contributed by atoms with van der Waals surface area (Å²) in [6.45, 7) is 6.95. The summed E-state index contributed by atoms with van der Waals surface area (Å²) < 4.78 is 13.1. The molecule has 0 spiro atoms. The third-order valence-electron chi connectivity index (χ3n) is 5.61. The molecule has 3 aromatic rings. The second-order valence-electron chi connectivity index (χ2n) is 8.28. The highest BCUT2D eigenvalue weighted by Crippen LogP contribution is 2.24. The van der Waals surface area contributed by atoms with Gasteiger partial charge in [-0.2, -0.15) is 5.10 Å². The maximum Gasteiger partial charge on any atom is 0.241 e. The monoisotopic (exact) mass is 422 g/mol. The number of hydrogen-bond donors (Lipinski definition) is 2. The minimum absolute atomic E-state index is 0.00395. The Morgan fingerprint density at radius 3 is 2.55 bits per heavy atom. The Morgan fingerprint density at radius 2 is 1.84 bits per heavy atom. The largest absolute Gasteiger partial charge is 0.324 e. The van der Waals surface area contributed by atoms with E-state index in [2.05, 4.69) is 40.3 Å². The van der Waals surface area contributed by atoms with Crippen molar-refractivity contribution in [1.82, 2.24) is 15.1 Å². The average molecular weight is 423 g/mol. The van der Waals surface area contributed by atoms with E-state index in [4.69, 9.17) is 0 Å². The number of nitrogens with zero attached hydrogens (tertiary/aromatic N) is 2. The molecular formula is C25H31FN4O. The van der Waals surface area contributed by atoms with E-state index in [9.17, 15) is 9.18 Å². The predicted octanol–water partition coefficient (Wildman–Crippen LogP) is 5.23. The van der Waals surface area contributed by atoms with Gasteiger partial charge in [0, 0.05) is 16.9 Å². The van der Waals surface area contributed by atoms with Crippen molar-refractivity contribution in [3.63, 3.8) is 0 Å². The Morgan fingerprint density at radius 1 is 1.13 bits per heavy atom. The van der Waals surface area contributed by atoms with Gasteiger partial charge in [0.15, 0.2) is 0 Å². The fourth-order valence-electron chi connectivity index (χ4n) is 3.52. The molecule has 2 aromatic carbocycles. The van der Waals surface area contributed by atoms with Crippen LogP contribution in [0.15, 0.2) is 54.6 Å². The summed E-state index contributed by atoms with van der Waals surface area (Å²) >= 11 is 0. The van der Waals surface area contributed by atoms with Gasteiger partial charge < -0.3 is 5.32 Å². The molecule has 0 aliphatic carbocycles. The third-order valence-corrected chi connectivity index (χ3v) is 5.61. The van der Waals surface area contributed by atoms with Gasteiger partial charge in [-0.25, -0.2) is 4.39 Å². The summed E-state index contributed by atoms with van der Waals surface area (Å²) in [5, 5.41) is 10.5. The van der Waals surface area contributed by atoms with Gasteiger partial charge in [0.05, 0.1) is 11.7 Å². The standard InChI is InChI=1S/C25H31FN4O/c1-17(2)22-9-5-6-10-23(22)27-25(31)18(3)30(4)15-7-8-21-16-24(29-28-21)19-11-13-20(26)14-12-19/h5-6,9-14,16-18H,7-8,15H2,1-4H3,(H,27,31)(H,28,29). The third kappa shape index (κ3) is 6.01. The zero-order valence-electron chi connectivity index (χ0n) is 18.7. The van der Waals surface area contributed by atoms with Crippen LogP contribution in [-0.2, 0) is 11.2 Å². The van der Waals surface area contributed by atoms with E-state index in [0.29, 0.717) is 5.92 Å². The zero-order valence-corrected chi connectivity index (χ0v) is 18.7. The first-order valence-corrected chi connectivity index (χ1v) is 10.8. The smallest absolute Gasteiger partial charge is 0.241 e. The van der Waals surface area contributed by atoms with Gasteiger partial charge >= 0.3 is 0 Å². The number of nitrogens with one attached hydrogen (secondary N) is 2. The van der Waals surface area contributed by atoms with Crippen molar-refractivity contribution in [2.75, 3.05) is 18.9 Å². The van der Waals surface area contributed by atoms with E-state index in [0.717, 1.165) is 47.6 Å². The summed E-state index contributed by atoms with van der Waals surface area (Å²) in [4.78, 5) is 14.8. The number of carbonyl (C=O) groups is 1. The van der Waals surface area contributed by atoms with Crippen molar-refractivity contribution in [3.8, 4) is 11.3 Å². The molecule has 0 fully saturated rings. The number of aryl methyl sites for hydroxylation is 1. The number of likely N-dealkylation sites (N-methyl/N-ethyl adjacent to an activating group) is 1. The number of aromatic amines is 1. The van der Waals surface area contributed by atoms with Gasteiger partial charge in [-0.3, -0.25) is 14.8 Å². The second-order valence-corrected chi connectivity index (χ2v) is 8.28. The Bertz CT molecular complexity index is 997. The average Bonchev–Trinajstić information content (AvgIpc) is 3.22. The Labute approximate surface area is 183 Å². The molecule has 1 aromatic heterocycles. The molecule has 164 valence electrons. The van der Waals surface area contributed by atoms with Crippen molar-refractivity contribution in [2.45, 2.75) is 45.6 Å². The molecule has 5 nitrogen and oxygen atoms in total. The maximum atomic E-state index is 13.1. The summed E-state index contributed by atoms with van der Waals surface area (Å²) in [5.74, 6) is 0.0860. The van der Waals surface area contributed by atoms with Crippen molar-refractivity contribution in [1.29, 1.82) is 0 Å². The zero-order chi connectivity index (χ0) is 22.4. The Hall–Kier alpha value is -2.99. The molecule has 0 radical (unpaired) electrons. The normalized spacial score (nSPS) is 12.4. The van der Waals surface area contributed by atoms with Crippen LogP contribution in [0, 0.1) is 5.82 Å². The molecule has 0 aliphatic rings. The number of H-pyrrole nitrogens is 1. The minimum Gasteiger partial charge on any atom is -0.324 e. The van der Waals surface area contributed by atoms with Gasteiger partial charge in [-0.05, 0) is 81.2 Å². The van der Waals surface area contributed by atoms with Crippen molar-refractivity contribution in [3.05, 3.63) is 71.7 Å². The molecule has 1 unspecified atom stereocenters. The fourth-order valence-corrected chi connectivity index (χ4v) is 3.52. The van der Waals surface area contributed by atoms with E-state index in [1.54, 1.807) is 12.1 Å². The Balaban J connectivity index is 1.50. The number of benzene rings is 2. The molecule has 1 amide bonds. The first-order chi connectivity index (χ1) is 14.8. The van der Waals surface area contributed by atoms with E-state index < -0.39 is 0 Å². The summed E-state index contributed by atoms with van der Waals surface area (Å²) in [6, 6.07) is 16.0. The molecule has 0 saturated heterocycles. The van der Waals surface area contributed by atoms with Gasteiger partial charge in [-0.1, -0.05) is 32.0 Å².